The lowest BCUT2D eigenvalue weighted by atomic mass is 10.1. The van der Waals surface area contributed by atoms with E-state index in [0.717, 1.165) is 32.3 Å². The molecular formula is C29H56O2. The summed E-state index contributed by atoms with van der Waals surface area (Å²) in [6.45, 7) is 5.85. The topological polar surface area (TPSA) is 29.5 Å². The molecule has 1 unspecified atom stereocenters. The molecule has 0 saturated carbocycles. The number of hydrogen-bond donors (Lipinski definition) is 1. The van der Waals surface area contributed by atoms with Gasteiger partial charge in [-0.1, -0.05) is 122 Å². The SMILES string of the molecule is CCCCCC=CCC=CCCCCCCCCCC(O)COCCCCCCCC. The van der Waals surface area contributed by atoms with Gasteiger partial charge in [-0.3, -0.25) is 0 Å². The van der Waals surface area contributed by atoms with Crippen LogP contribution in [0.2, 0.25) is 0 Å². The molecule has 0 aliphatic carbocycles. The van der Waals surface area contributed by atoms with Crippen LogP contribution in [0.1, 0.15) is 142 Å². The van der Waals surface area contributed by atoms with E-state index in [1.165, 1.54) is 103 Å². The standard InChI is InChI=1S/C29H56O2/c1-3-5-7-9-11-12-13-14-15-16-17-18-19-20-21-22-24-26-29(30)28-31-27-25-23-10-8-6-4-2/h11-12,14-15,29-30H,3-10,13,16-28H2,1-2H3. The lowest BCUT2D eigenvalue weighted by Crippen LogP contribution is -2.15. The lowest BCUT2D eigenvalue weighted by molar-refractivity contribution is 0.0297. The first-order valence-corrected chi connectivity index (χ1v) is 13.9. The van der Waals surface area contributed by atoms with Crippen LogP contribution in [-0.2, 0) is 4.74 Å². The van der Waals surface area contributed by atoms with Crippen LogP contribution < -0.4 is 0 Å². The second-order valence-corrected chi connectivity index (χ2v) is 9.22. The molecule has 0 saturated heterocycles. The van der Waals surface area contributed by atoms with Gasteiger partial charge in [0.1, 0.15) is 0 Å². The van der Waals surface area contributed by atoms with E-state index in [1.807, 2.05) is 0 Å². The highest BCUT2D eigenvalue weighted by Crippen LogP contribution is 2.12. The first-order valence-electron chi connectivity index (χ1n) is 13.9. The van der Waals surface area contributed by atoms with Gasteiger partial charge in [0.25, 0.3) is 0 Å². The zero-order valence-electron chi connectivity index (χ0n) is 21.3. The third-order valence-corrected chi connectivity index (χ3v) is 5.94. The molecule has 0 rings (SSSR count). The largest absolute Gasteiger partial charge is 0.391 e. The Morgan fingerprint density at radius 3 is 1.71 bits per heavy atom. The highest BCUT2D eigenvalue weighted by atomic mass is 16.5. The van der Waals surface area contributed by atoms with Crippen molar-refractivity contribution < 1.29 is 9.84 Å². The molecule has 31 heavy (non-hydrogen) atoms. The highest BCUT2D eigenvalue weighted by Gasteiger charge is 2.04. The van der Waals surface area contributed by atoms with Gasteiger partial charge >= 0.3 is 0 Å². The molecule has 0 aliphatic rings. The molecule has 0 spiro atoms. The third kappa shape index (κ3) is 27.4. The summed E-state index contributed by atoms with van der Waals surface area (Å²) >= 11 is 0. The summed E-state index contributed by atoms with van der Waals surface area (Å²) < 4.78 is 5.63. The molecule has 2 nitrogen and oxygen atoms in total. The maximum Gasteiger partial charge on any atom is 0.0773 e. The number of aliphatic hydroxyl groups is 1. The van der Waals surface area contributed by atoms with E-state index in [4.69, 9.17) is 4.74 Å². The summed E-state index contributed by atoms with van der Waals surface area (Å²) in [5, 5.41) is 10.0. The predicted octanol–water partition coefficient (Wildman–Crippen LogP) is 9.32. The zero-order chi connectivity index (χ0) is 22.7. The van der Waals surface area contributed by atoms with Gasteiger partial charge in [0.15, 0.2) is 0 Å². The van der Waals surface area contributed by atoms with E-state index in [9.17, 15) is 5.11 Å². The number of aliphatic hydroxyl groups excluding tert-OH is 1. The summed E-state index contributed by atoms with van der Waals surface area (Å²) in [6.07, 6.45) is 34.3. The Bertz CT molecular complexity index is 375. The summed E-state index contributed by atoms with van der Waals surface area (Å²) in [7, 11) is 0. The summed E-state index contributed by atoms with van der Waals surface area (Å²) in [5.74, 6) is 0. The van der Waals surface area contributed by atoms with Crippen LogP contribution >= 0.6 is 0 Å². The van der Waals surface area contributed by atoms with Crippen LogP contribution in [0, 0.1) is 0 Å². The van der Waals surface area contributed by atoms with E-state index in [-0.39, 0.29) is 6.10 Å². The quantitative estimate of drug-likeness (QED) is 0.114. The zero-order valence-corrected chi connectivity index (χ0v) is 21.3. The van der Waals surface area contributed by atoms with Crippen molar-refractivity contribution in [3.05, 3.63) is 24.3 Å². The van der Waals surface area contributed by atoms with Gasteiger partial charge < -0.3 is 9.84 Å². The van der Waals surface area contributed by atoms with Crippen LogP contribution in [0.4, 0.5) is 0 Å². The molecule has 1 atom stereocenters. The Morgan fingerprint density at radius 1 is 0.581 bits per heavy atom. The smallest absolute Gasteiger partial charge is 0.0773 e. The van der Waals surface area contributed by atoms with Gasteiger partial charge in [-0.15, -0.1) is 0 Å². The minimum absolute atomic E-state index is 0.266. The van der Waals surface area contributed by atoms with Gasteiger partial charge in [-0.05, 0) is 44.9 Å². The molecular weight excluding hydrogens is 380 g/mol. The molecule has 0 aromatic carbocycles. The molecule has 0 aliphatic heterocycles. The molecule has 2 heteroatoms. The minimum atomic E-state index is -0.266. The molecule has 0 radical (unpaired) electrons. The predicted molar refractivity (Wildman–Crippen MR) is 139 cm³/mol. The van der Waals surface area contributed by atoms with Gasteiger partial charge in [-0.25, -0.2) is 0 Å². The van der Waals surface area contributed by atoms with Crippen LogP contribution in [0.25, 0.3) is 0 Å². The number of hydrogen-bond acceptors (Lipinski definition) is 2. The monoisotopic (exact) mass is 436 g/mol. The van der Waals surface area contributed by atoms with Gasteiger partial charge in [-0.2, -0.15) is 0 Å². The third-order valence-electron chi connectivity index (χ3n) is 5.94. The van der Waals surface area contributed by atoms with Crippen molar-refractivity contribution in [2.75, 3.05) is 13.2 Å². The average molecular weight is 437 g/mol. The molecule has 0 fully saturated rings. The maximum absolute atomic E-state index is 10.0. The molecule has 1 N–H and O–H groups in total. The highest BCUT2D eigenvalue weighted by molar-refractivity contribution is 4.92. The maximum atomic E-state index is 10.0. The van der Waals surface area contributed by atoms with Crippen molar-refractivity contribution in [2.45, 2.75) is 148 Å². The molecule has 0 aromatic rings. The Hall–Kier alpha value is -0.600. The second kappa shape index (κ2) is 27.4. The molecule has 0 bridgehead atoms. The number of allylic oxidation sites excluding steroid dienone is 4. The fraction of sp³-hybridized carbons (Fsp3) is 0.862. The molecule has 0 amide bonds. The van der Waals surface area contributed by atoms with Crippen LogP contribution in [0.15, 0.2) is 24.3 Å². The Morgan fingerprint density at radius 2 is 1.06 bits per heavy atom. The second-order valence-electron chi connectivity index (χ2n) is 9.22. The fourth-order valence-electron chi connectivity index (χ4n) is 3.83. The van der Waals surface area contributed by atoms with Crippen LogP contribution in [0.5, 0.6) is 0 Å². The van der Waals surface area contributed by atoms with E-state index in [0.29, 0.717) is 6.61 Å². The van der Waals surface area contributed by atoms with Crippen molar-refractivity contribution in [3.63, 3.8) is 0 Å². The Labute approximate surface area is 195 Å². The lowest BCUT2D eigenvalue weighted by Gasteiger charge is -2.11. The van der Waals surface area contributed by atoms with Crippen molar-refractivity contribution >= 4 is 0 Å². The minimum Gasteiger partial charge on any atom is -0.391 e. The van der Waals surface area contributed by atoms with E-state index in [2.05, 4.69) is 38.2 Å². The Balaban J connectivity index is 3.22. The van der Waals surface area contributed by atoms with Crippen LogP contribution in [-0.4, -0.2) is 24.4 Å². The van der Waals surface area contributed by atoms with Crippen molar-refractivity contribution in [1.82, 2.24) is 0 Å². The first-order chi connectivity index (χ1) is 15.3. The normalized spacial score (nSPS) is 13.0. The van der Waals surface area contributed by atoms with Crippen molar-refractivity contribution in [2.24, 2.45) is 0 Å². The average Bonchev–Trinajstić information content (AvgIpc) is 2.77. The fourth-order valence-corrected chi connectivity index (χ4v) is 3.83. The van der Waals surface area contributed by atoms with E-state index in [1.54, 1.807) is 0 Å². The van der Waals surface area contributed by atoms with Gasteiger partial charge in [0.05, 0.1) is 12.7 Å². The molecule has 0 aromatic heterocycles. The summed E-state index contributed by atoms with van der Waals surface area (Å²) in [5.41, 5.74) is 0. The number of unbranched alkanes of at least 4 members (excludes halogenated alkanes) is 15. The van der Waals surface area contributed by atoms with Gasteiger partial charge in [0, 0.05) is 6.61 Å². The van der Waals surface area contributed by atoms with E-state index >= 15 is 0 Å². The van der Waals surface area contributed by atoms with Crippen molar-refractivity contribution in [3.8, 4) is 0 Å². The van der Waals surface area contributed by atoms with Crippen LogP contribution in [0.3, 0.4) is 0 Å². The summed E-state index contributed by atoms with van der Waals surface area (Å²) in [4.78, 5) is 0. The molecule has 0 heterocycles. The first kappa shape index (κ1) is 30.4. The number of ether oxygens (including phenoxy) is 1. The summed E-state index contributed by atoms with van der Waals surface area (Å²) in [6, 6.07) is 0. The number of rotatable bonds is 25. The van der Waals surface area contributed by atoms with Crippen molar-refractivity contribution in [1.29, 1.82) is 0 Å². The van der Waals surface area contributed by atoms with E-state index < -0.39 is 0 Å². The molecule has 184 valence electrons. The van der Waals surface area contributed by atoms with Gasteiger partial charge in [0.2, 0.25) is 0 Å². The Kier molecular flexibility index (Phi) is 26.9.